The lowest BCUT2D eigenvalue weighted by Crippen LogP contribution is -2.45. The summed E-state index contributed by atoms with van der Waals surface area (Å²) < 4.78 is 32.5. The Hall–Kier alpha value is -1.37. The van der Waals surface area contributed by atoms with E-state index in [1.807, 2.05) is 20.8 Å². The van der Waals surface area contributed by atoms with Gasteiger partial charge in [-0.1, -0.05) is 12.1 Å². The van der Waals surface area contributed by atoms with Crippen LogP contribution in [0.4, 0.5) is 0 Å². The molecule has 1 aromatic carbocycles. The lowest BCUT2D eigenvalue weighted by atomic mass is 10.1. The third kappa shape index (κ3) is 3.84. The number of sulfonamides is 1. The molecule has 0 aliphatic carbocycles. The maximum absolute atomic E-state index is 12.9. The molecule has 118 valence electrons. The number of ether oxygens (including phenoxy) is 1. The highest BCUT2D eigenvalue weighted by Crippen LogP contribution is 2.31. The summed E-state index contributed by atoms with van der Waals surface area (Å²) in [6.07, 6.45) is 1.57. The van der Waals surface area contributed by atoms with Crippen molar-refractivity contribution in [2.24, 2.45) is 5.73 Å². The van der Waals surface area contributed by atoms with Crippen LogP contribution in [0.2, 0.25) is 0 Å². The van der Waals surface area contributed by atoms with Crippen molar-refractivity contribution in [1.29, 1.82) is 0 Å². The van der Waals surface area contributed by atoms with Crippen molar-refractivity contribution in [2.45, 2.75) is 37.8 Å². The van der Waals surface area contributed by atoms with E-state index in [9.17, 15) is 8.42 Å². The van der Waals surface area contributed by atoms with Crippen LogP contribution in [-0.4, -0.2) is 31.9 Å². The van der Waals surface area contributed by atoms with Crippen LogP contribution in [0.3, 0.4) is 0 Å². The minimum Gasteiger partial charge on any atom is -0.495 e. The fraction of sp³-hybridized carbons (Fsp3) is 0.467. The third-order valence-corrected chi connectivity index (χ3v) is 5.25. The average molecular weight is 312 g/mol. The Labute approximate surface area is 127 Å². The Kier molecular flexibility index (Phi) is 5.55. The van der Waals surface area contributed by atoms with E-state index in [4.69, 9.17) is 10.5 Å². The van der Waals surface area contributed by atoms with Gasteiger partial charge in [-0.3, -0.25) is 0 Å². The van der Waals surface area contributed by atoms with Crippen molar-refractivity contribution in [2.75, 3.05) is 13.7 Å². The molecule has 0 amide bonds. The Bertz CT molecular complexity index is 604. The molecular formula is C15H24N2O3S. The van der Waals surface area contributed by atoms with Crippen LogP contribution < -0.4 is 10.5 Å². The highest BCUT2D eigenvalue weighted by Gasteiger charge is 2.34. The standard InChI is InChI=1S/C15H24N2O3S/c1-6-9-17(15(2,3)4)21(18,19)14-8-7-12(11-16)10-13(14)20-5/h6-8,10H,1,9,11,16H2,2-5H3. The SMILES string of the molecule is C=CCN(C(C)(C)C)S(=O)(=O)c1ccc(CN)cc1OC. The summed E-state index contributed by atoms with van der Waals surface area (Å²) in [6.45, 7) is 9.72. The molecule has 0 unspecified atom stereocenters. The summed E-state index contributed by atoms with van der Waals surface area (Å²) in [5.41, 5.74) is 5.83. The van der Waals surface area contributed by atoms with Crippen LogP contribution in [-0.2, 0) is 16.6 Å². The molecule has 6 heteroatoms. The second-order valence-corrected chi connectivity index (χ2v) is 7.52. The molecule has 5 nitrogen and oxygen atoms in total. The van der Waals surface area contributed by atoms with Crippen LogP contribution in [0.25, 0.3) is 0 Å². The molecule has 2 N–H and O–H groups in total. The largest absolute Gasteiger partial charge is 0.495 e. The predicted octanol–water partition coefficient (Wildman–Crippen LogP) is 2.13. The van der Waals surface area contributed by atoms with Gasteiger partial charge in [0.25, 0.3) is 0 Å². The number of nitrogens with zero attached hydrogens (tertiary/aromatic N) is 1. The van der Waals surface area contributed by atoms with E-state index in [0.717, 1.165) is 5.56 Å². The van der Waals surface area contributed by atoms with E-state index in [2.05, 4.69) is 6.58 Å². The van der Waals surface area contributed by atoms with Gasteiger partial charge in [0.1, 0.15) is 10.6 Å². The topological polar surface area (TPSA) is 72.6 Å². The molecule has 1 aromatic rings. The van der Waals surface area contributed by atoms with Crippen molar-refractivity contribution in [1.82, 2.24) is 4.31 Å². The third-order valence-electron chi connectivity index (χ3n) is 3.07. The maximum atomic E-state index is 12.9. The van der Waals surface area contributed by atoms with Gasteiger partial charge in [0, 0.05) is 18.6 Å². The number of rotatable bonds is 6. The van der Waals surface area contributed by atoms with Gasteiger partial charge in [-0.25, -0.2) is 8.42 Å². The Morgan fingerprint density at radius 3 is 2.43 bits per heavy atom. The van der Waals surface area contributed by atoms with Crippen molar-refractivity contribution >= 4 is 10.0 Å². The Morgan fingerprint density at radius 1 is 1.38 bits per heavy atom. The van der Waals surface area contributed by atoms with Gasteiger partial charge in [0.15, 0.2) is 0 Å². The highest BCUT2D eigenvalue weighted by molar-refractivity contribution is 7.89. The van der Waals surface area contributed by atoms with Crippen molar-refractivity contribution in [3.8, 4) is 5.75 Å². The summed E-state index contributed by atoms with van der Waals surface area (Å²) in [4.78, 5) is 0.138. The van der Waals surface area contributed by atoms with Gasteiger partial charge >= 0.3 is 0 Å². The zero-order valence-corrected chi connectivity index (χ0v) is 13.9. The molecule has 0 spiro atoms. The second kappa shape index (κ2) is 6.60. The summed E-state index contributed by atoms with van der Waals surface area (Å²) in [7, 11) is -2.24. The van der Waals surface area contributed by atoms with Gasteiger partial charge in [0.05, 0.1) is 7.11 Å². The predicted molar refractivity (Wildman–Crippen MR) is 84.7 cm³/mol. The fourth-order valence-electron chi connectivity index (χ4n) is 2.02. The molecule has 0 saturated heterocycles. The molecule has 0 radical (unpaired) electrons. The second-order valence-electron chi connectivity index (χ2n) is 5.68. The molecule has 21 heavy (non-hydrogen) atoms. The Morgan fingerprint density at radius 2 is 2.00 bits per heavy atom. The molecule has 0 aromatic heterocycles. The minimum atomic E-state index is -3.69. The van der Waals surface area contributed by atoms with Crippen LogP contribution in [0.1, 0.15) is 26.3 Å². The summed E-state index contributed by atoms with van der Waals surface area (Å²) >= 11 is 0. The number of methoxy groups -OCH3 is 1. The quantitative estimate of drug-likeness (QED) is 0.817. The monoisotopic (exact) mass is 312 g/mol. The van der Waals surface area contributed by atoms with Crippen molar-refractivity contribution in [3.63, 3.8) is 0 Å². The van der Waals surface area contributed by atoms with E-state index in [0.29, 0.717) is 12.3 Å². The van der Waals surface area contributed by atoms with Gasteiger partial charge in [0.2, 0.25) is 10.0 Å². The molecule has 0 aliphatic heterocycles. The van der Waals surface area contributed by atoms with E-state index < -0.39 is 15.6 Å². The van der Waals surface area contributed by atoms with Crippen LogP contribution in [0.15, 0.2) is 35.7 Å². The number of nitrogens with two attached hydrogens (primary N) is 1. The molecule has 0 bridgehead atoms. The molecule has 0 atom stereocenters. The summed E-state index contributed by atoms with van der Waals surface area (Å²) in [6, 6.07) is 4.89. The molecule has 0 aliphatic rings. The summed E-state index contributed by atoms with van der Waals surface area (Å²) in [5, 5.41) is 0. The van der Waals surface area contributed by atoms with E-state index >= 15 is 0 Å². The van der Waals surface area contributed by atoms with Crippen LogP contribution >= 0.6 is 0 Å². The molecule has 0 fully saturated rings. The fourth-order valence-corrected chi connectivity index (χ4v) is 3.92. The first-order chi connectivity index (χ1) is 9.68. The van der Waals surface area contributed by atoms with Crippen molar-refractivity contribution < 1.29 is 13.2 Å². The zero-order valence-electron chi connectivity index (χ0n) is 13.1. The summed E-state index contributed by atoms with van der Waals surface area (Å²) in [5.74, 6) is 0.302. The maximum Gasteiger partial charge on any atom is 0.247 e. The number of hydrogen-bond donors (Lipinski definition) is 1. The smallest absolute Gasteiger partial charge is 0.247 e. The van der Waals surface area contributed by atoms with Crippen LogP contribution in [0.5, 0.6) is 5.75 Å². The zero-order chi connectivity index (χ0) is 16.3. The first-order valence-corrected chi connectivity index (χ1v) is 8.13. The highest BCUT2D eigenvalue weighted by atomic mass is 32.2. The van der Waals surface area contributed by atoms with E-state index in [1.165, 1.54) is 17.5 Å². The van der Waals surface area contributed by atoms with E-state index in [-0.39, 0.29) is 11.4 Å². The number of benzene rings is 1. The lowest BCUT2D eigenvalue weighted by Gasteiger charge is -2.34. The molecule has 0 heterocycles. The minimum absolute atomic E-state index is 0.138. The van der Waals surface area contributed by atoms with Gasteiger partial charge < -0.3 is 10.5 Å². The molecule has 1 rings (SSSR count). The lowest BCUT2D eigenvalue weighted by molar-refractivity contribution is 0.268. The van der Waals surface area contributed by atoms with E-state index in [1.54, 1.807) is 18.2 Å². The average Bonchev–Trinajstić information content (AvgIpc) is 2.42. The van der Waals surface area contributed by atoms with Crippen LogP contribution in [0, 0.1) is 0 Å². The van der Waals surface area contributed by atoms with Crippen molar-refractivity contribution in [3.05, 3.63) is 36.4 Å². The number of hydrogen-bond acceptors (Lipinski definition) is 4. The molecule has 0 saturated carbocycles. The van der Waals surface area contributed by atoms with Gasteiger partial charge in [-0.15, -0.1) is 6.58 Å². The van der Waals surface area contributed by atoms with Gasteiger partial charge in [-0.05, 0) is 38.5 Å². The Balaban J connectivity index is 3.44. The molecular weight excluding hydrogens is 288 g/mol. The first kappa shape index (κ1) is 17.7. The van der Waals surface area contributed by atoms with Gasteiger partial charge in [-0.2, -0.15) is 4.31 Å². The first-order valence-electron chi connectivity index (χ1n) is 6.69. The normalized spacial score (nSPS) is 12.5.